The molecule has 0 heterocycles. The van der Waals surface area contributed by atoms with Gasteiger partial charge in [-0.1, -0.05) is 6.92 Å². The molecule has 0 aliphatic carbocycles. The van der Waals surface area contributed by atoms with Crippen LogP contribution in [0.4, 0.5) is 0 Å². The fourth-order valence-electron chi connectivity index (χ4n) is 1.39. The first-order chi connectivity index (χ1) is 6.91. The van der Waals surface area contributed by atoms with Crippen molar-refractivity contribution in [2.75, 3.05) is 12.3 Å². The molecule has 5 N–H and O–H groups in total. The summed E-state index contributed by atoms with van der Waals surface area (Å²) in [6.07, 6.45) is 1.16. The topological polar surface area (TPSA) is 106 Å². The van der Waals surface area contributed by atoms with E-state index in [9.17, 15) is 9.59 Å². The Hall–Kier alpha value is -0.590. The van der Waals surface area contributed by atoms with Gasteiger partial charge in [-0.05, 0) is 25.3 Å². The molecule has 0 aromatic heterocycles. The second-order valence-electron chi connectivity index (χ2n) is 3.59. The molecule has 0 aromatic rings. The van der Waals surface area contributed by atoms with Gasteiger partial charge in [0, 0.05) is 0 Å². The zero-order chi connectivity index (χ0) is 12.1. The first kappa shape index (κ1) is 14.4. The molecule has 1 unspecified atom stereocenters. The summed E-state index contributed by atoms with van der Waals surface area (Å²) in [6.45, 7) is 2.10. The van der Waals surface area contributed by atoms with Crippen molar-refractivity contribution in [1.82, 2.24) is 0 Å². The molecular weight excluding hydrogens is 216 g/mol. The Morgan fingerprint density at radius 2 is 2.07 bits per heavy atom. The summed E-state index contributed by atoms with van der Waals surface area (Å²) < 4.78 is 0. The molecule has 0 amide bonds. The highest BCUT2D eigenvalue weighted by Crippen LogP contribution is 2.21. The number of carbonyl (C=O) groups is 2. The van der Waals surface area contributed by atoms with Crippen molar-refractivity contribution in [2.45, 2.75) is 25.3 Å². The van der Waals surface area contributed by atoms with Gasteiger partial charge in [0.1, 0.15) is 0 Å². The molecule has 0 aromatic carbocycles. The van der Waals surface area contributed by atoms with Crippen molar-refractivity contribution in [3.8, 4) is 0 Å². The predicted molar refractivity (Wildman–Crippen MR) is 60.9 cm³/mol. The molecule has 88 valence electrons. The summed E-state index contributed by atoms with van der Waals surface area (Å²) in [5, 5.41) is 8.99. The Morgan fingerprint density at radius 3 is 2.40 bits per heavy atom. The van der Waals surface area contributed by atoms with E-state index in [1.54, 1.807) is 6.92 Å². The second kappa shape index (κ2) is 6.09. The first-order valence-electron chi connectivity index (χ1n) is 4.77. The summed E-state index contributed by atoms with van der Waals surface area (Å²) in [5.74, 6) is -2.48. The third-order valence-corrected chi connectivity index (χ3v) is 2.86. The molecule has 0 bridgehead atoms. The molecule has 0 fully saturated rings. The van der Waals surface area contributed by atoms with E-state index in [0.29, 0.717) is 19.4 Å². The molecule has 5 nitrogen and oxygen atoms in total. The fourth-order valence-corrected chi connectivity index (χ4v) is 1.65. The quantitative estimate of drug-likeness (QED) is 0.355. The summed E-state index contributed by atoms with van der Waals surface area (Å²) in [6, 6.07) is 0. The van der Waals surface area contributed by atoms with Crippen molar-refractivity contribution in [3.05, 3.63) is 0 Å². The standard InChI is InChI=1S/C9H18N2O3S/c1-6(3-2-4-10)9(11,8(13)14)7(12)5-15/h6,15H,2-5,10-11H2,1H3,(H,13,14)/t6?,9-/m0/s1. The van der Waals surface area contributed by atoms with E-state index in [0.717, 1.165) is 0 Å². The Morgan fingerprint density at radius 1 is 1.53 bits per heavy atom. The van der Waals surface area contributed by atoms with Crippen LogP contribution in [0.5, 0.6) is 0 Å². The maximum Gasteiger partial charge on any atom is 0.331 e. The average molecular weight is 234 g/mol. The van der Waals surface area contributed by atoms with Crippen molar-refractivity contribution in [1.29, 1.82) is 0 Å². The molecule has 0 saturated heterocycles. The van der Waals surface area contributed by atoms with Crippen molar-refractivity contribution >= 4 is 24.4 Å². The Kier molecular flexibility index (Phi) is 5.85. The van der Waals surface area contributed by atoms with Gasteiger partial charge in [-0.2, -0.15) is 12.6 Å². The van der Waals surface area contributed by atoms with Crippen LogP contribution in [0.1, 0.15) is 19.8 Å². The monoisotopic (exact) mass is 234 g/mol. The maximum absolute atomic E-state index is 11.5. The van der Waals surface area contributed by atoms with Crippen LogP contribution < -0.4 is 11.5 Å². The highest BCUT2D eigenvalue weighted by Gasteiger charge is 2.45. The van der Waals surface area contributed by atoms with Crippen LogP contribution in [0.2, 0.25) is 0 Å². The normalized spacial score (nSPS) is 16.8. The molecule has 2 atom stereocenters. The van der Waals surface area contributed by atoms with Crippen molar-refractivity contribution in [3.63, 3.8) is 0 Å². The highest BCUT2D eigenvalue weighted by molar-refractivity contribution is 7.81. The number of carbonyl (C=O) groups excluding carboxylic acids is 1. The van der Waals surface area contributed by atoms with Crippen LogP contribution in [0.25, 0.3) is 0 Å². The SMILES string of the molecule is CC(CCCN)[C@@](N)(C(=O)O)C(=O)CS. The molecule has 0 saturated carbocycles. The number of rotatable bonds is 7. The van der Waals surface area contributed by atoms with Crippen LogP contribution in [0.3, 0.4) is 0 Å². The van der Waals surface area contributed by atoms with Crippen LogP contribution in [0, 0.1) is 5.92 Å². The van der Waals surface area contributed by atoms with E-state index in [-0.39, 0.29) is 5.75 Å². The Balaban J connectivity index is 4.78. The van der Waals surface area contributed by atoms with Crippen LogP contribution >= 0.6 is 12.6 Å². The molecular formula is C9H18N2O3S. The number of ketones is 1. The fraction of sp³-hybridized carbons (Fsp3) is 0.778. The van der Waals surface area contributed by atoms with E-state index >= 15 is 0 Å². The van der Waals surface area contributed by atoms with Gasteiger partial charge < -0.3 is 16.6 Å². The van der Waals surface area contributed by atoms with Gasteiger partial charge in [0.2, 0.25) is 0 Å². The molecule has 0 aliphatic heterocycles. The smallest absolute Gasteiger partial charge is 0.331 e. The number of aliphatic carboxylic acids is 1. The zero-order valence-corrected chi connectivity index (χ0v) is 9.67. The highest BCUT2D eigenvalue weighted by atomic mass is 32.1. The van der Waals surface area contributed by atoms with Crippen molar-refractivity contribution in [2.24, 2.45) is 17.4 Å². The number of hydrogen-bond donors (Lipinski definition) is 4. The number of carboxylic acid groups (broad SMARTS) is 1. The lowest BCUT2D eigenvalue weighted by Gasteiger charge is -2.29. The van der Waals surface area contributed by atoms with Crippen molar-refractivity contribution < 1.29 is 14.7 Å². The maximum atomic E-state index is 11.5. The summed E-state index contributed by atoms with van der Waals surface area (Å²) in [4.78, 5) is 22.5. The van der Waals surface area contributed by atoms with Crippen LogP contribution in [-0.4, -0.2) is 34.7 Å². The Bertz CT molecular complexity index is 248. The molecule has 15 heavy (non-hydrogen) atoms. The average Bonchev–Trinajstić information content (AvgIpc) is 2.22. The number of carboxylic acids is 1. The summed E-state index contributed by atoms with van der Waals surface area (Å²) in [7, 11) is 0. The van der Waals surface area contributed by atoms with Gasteiger partial charge in [0.25, 0.3) is 0 Å². The number of nitrogens with two attached hydrogens (primary N) is 2. The zero-order valence-electron chi connectivity index (χ0n) is 8.77. The largest absolute Gasteiger partial charge is 0.480 e. The molecule has 0 radical (unpaired) electrons. The lowest BCUT2D eigenvalue weighted by atomic mass is 9.80. The van der Waals surface area contributed by atoms with Crippen LogP contribution in [-0.2, 0) is 9.59 Å². The van der Waals surface area contributed by atoms with Gasteiger partial charge in [-0.15, -0.1) is 0 Å². The van der Waals surface area contributed by atoms with E-state index in [1.807, 2.05) is 0 Å². The third-order valence-electron chi connectivity index (χ3n) is 2.58. The van der Waals surface area contributed by atoms with Crippen LogP contribution in [0.15, 0.2) is 0 Å². The number of hydrogen-bond acceptors (Lipinski definition) is 5. The first-order valence-corrected chi connectivity index (χ1v) is 5.41. The second-order valence-corrected chi connectivity index (χ2v) is 3.90. The van der Waals surface area contributed by atoms with E-state index in [1.165, 1.54) is 0 Å². The van der Waals surface area contributed by atoms with Gasteiger partial charge in [0.15, 0.2) is 11.3 Å². The molecule has 0 spiro atoms. The third kappa shape index (κ3) is 3.19. The minimum Gasteiger partial charge on any atom is -0.480 e. The summed E-state index contributed by atoms with van der Waals surface area (Å²) in [5.41, 5.74) is 9.12. The predicted octanol–water partition coefficient (Wildman–Crippen LogP) is -0.358. The minimum absolute atomic E-state index is 0.171. The van der Waals surface area contributed by atoms with Gasteiger partial charge in [-0.3, -0.25) is 4.79 Å². The molecule has 0 rings (SSSR count). The lowest BCUT2D eigenvalue weighted by molar-refractivity contribution is -0.150. The van der Waals surface area contributed by atoms with E-state index in [4.69, 9.17) is 16.6 Å². The van der Waals surface area contributed by atoms with Gasteiger partial charge in [0.05, 0.1) is 5.75 Å². The van der Waals surface area contributed by atoms with Gasteiger partial charge >= 0.3 is 5.97 Å². The lowest BCUT2D eigenvalue weighted by Crippen LogP contribution is -2.60. The molecule has 0 aliphatic rings. The van der Waals surface area contributed by atoms with E-state index in [2.05, 4.69) is 12.6 Å². The molecule has 6 heteroatoms. The summed E-state index contributed by atoms with van der Waals surface area (Å²) >= 11 is 3.77. The number of thiol groups is 1. The van der Waals surface area contributed by atoms with E-state index < -0.39 is 23.2 Å². The number of Topliss-reactive ketones (excluding diaryl/α,β-unsaturated/α-hetero) is 1. The van der Waals surface area contributed by atoms with Gasteiger partial charge in [-0.25, -0.2) is 4.79 Å². The minimum atomic E-state index is -1.84. The Labute approximate surface area is 94.6 Å².